The summed E-state index contributed by atoms with van der Waals surface area (Å²) >= 11 is 0. The summed E-state index contributed by atoms with van der Waals surface area (Å²) in [5, 5.41) is 11.6. The van der Waals surface area contributed by atoms with E-state index in [4.69, 9.17) is 5.11 Å². The Morgan fingerprint density at radius 2 is 1.75 bits per heavy atom. The van der Waals surface area contributed by atoms with Crippen molar-refractivity contribution >= 4 is 17.1 Å². The van der Waals surface area contributed by atoms with Crippen molar-refractivity contribution in [2.45, 2.75) is 50.7 Å². The lowest BCUT2D eigenvalue weighted by Gasteiger charge is -2.29. The van der Waals surface area contributed by atoms with Crippen molar-refractivity contribution in [3.05, 3.63) is 93.0 Å². The first kappa shape index (κ1) is 29.7. The average Bonchev–Trinajstić information content (AvgIpc) is 3.22. The Labute approximate surface area is 254 Å². The number of nitrogens with zero attached hydrogens (tertiary/aromatic N) is 5. The second-order valence-electron chi connectivity index (χ2n) is 12.0. The third kappa shape index (κ3) is 6.29. The summed E-state index contributed by atoms with van der Waals surface area (Å²) in [6.45, 7) is 5.21. The van der Waals surface area contributed by atoms with Crippen LogP contribution in [-0.4, -0.2) is 74.4 Å². The minimum Gasteiger partial charge on any atom is -0.465 e. The zero-order valence-electron chi connectivity index (χ0n) is 24.8. The van der Waals surface area contributed by atoms with E-state index in [0.717, 1.165) is 62.5 Å². The fourth-order valence-electron chi connectivity index (χ4n) is 6.53. The number of pyridine rings is 1. The molecule has 230 valence electrons. The zero-order valence-corrected chi connectivity index (χ0v) is 24.8. The van der Waals surface area contributed by atoms with Gasteiger partial charge in [0.15, 0.2) is 5.65 Å². The van der Waals surface area contributed by atoms with Crippen LogP contribution in [0, 0.1) is 5.82 Å². The molecule has 1 saturated carbocycles. The van der Waals surface area contributed by atoms with Gasteiger partial charge in [0.25, 0.3) is 5.56 Å². The van der Waals surface area contributed by atoms with Crippen molar-refractivity contribution in [2.24, 2.45) is 0 Å². The van der Waals surface area contributed by atoms with Crippen LogP contribution in [0.15, 0.2) is 70.4 Å². The first-order valence-corrected chi connectivity index (χ1v) is 15.2. The Hall–Kier alpha value is -4.35. The van der Waals surface area contributed by atoms with E-state index in [2.05, 4.69) is 51.4 Å². The first-order chi connectivity index (χ1) is 21.3. The summed E-state index contributed by atoms with van der Waals surface area (Å²) in [6, 6.07) is 16.4. The highest BCUT2D eigenvalue weighted by Crippen LogP contribution is 2.28. The van der Waals surface area contributed by atoms with E-state index in [9.17, 15) is 18.8 Å². The summed E-state index contributed by atoms with van der Waals surface area (Å²) in [4.78, 5) is 47.7. The number of carboxylic acid groups (broad SMARTS) is 1. The number of benzene rings is 2. The molecule has 2 aliphatic rings. The highest BCUT2D eigenvalue weighted by Gasteiger charge is 2.28. The van der Waals surface area contributed by atoms with E-state index in [1.165, 1.54) is 14.7 Å². The van der Waals surface area contributed by atoms with Crippen molar-refractivity contribution in [1.29, 1.82) is 0 Å². The zero-order chi connectivity index (χ0) is 30.8. The predicted molar refractivity (Wildman–Crippen MR) is 167 cm³/mol. The van der Waals surface area contributed by atoms with E-state index in [0.29, 0.717) is 31.4 Å². The topological polar surface area (TPSA) is 113 Å². The molecule has 6 rings (SSSR count). The van der Waals surface area contributed by atoms with Gasteiger partial charge in [-0.1, -0.05) is 36.4 Å². The number of amides is 1. The van der Waals surface area contributed by atoms with Crippen molar-refractivity contribution in [3.63, 3.8) is 0 Å². The lowest BCUT2D eigenvalue weighted by atomic mass is 9.91. The molecule has 0 bridgehead atoms. The number of hydrogen-bond acceptors (Lipinski definition) is 6. The Bertz CT molecular complexity index is 1780. The van der Waals surface area contributed by atoms with Crippen LogP contribution in [-0.2, 0) is 6.54 Å². The monoisotopic (exact) mass is 600 g/mol. The normalized spacial score (nSPS) is 20.0. The maximum atomic E-state index is 14.3. The number of fused-ring (bicyclic) bond motifs is 1. The van der Waals surface area contributed by atoms with Gasteiger partial charge in [0.05, 0.1) is 17.3 Å². The van der Waals surface area contributed by atoms with Crippen LogP contribution in [0.3, 0.4) is 0 Å². The third-order valence-corrected chi connectivity index (χ3v) is 8.89. The number of likely N-dealkylation sites (N-methyl/N-ethyl adjacent to an activating group) is 1. The molecule has 1 saturated heterocycles. The van der Waals surface area contributed by atoms with Crippen LogP contribution < -0.4 is 16.6 Å². The van der Waals surface area contributed by atoms with Gasteiger partial charge in [-0.3, -0.25) is 14.3 Å². The Morgan fingerprint density at radius 3 is 2.50 bits per heavy atom. The SMILES string of the molecule is CN1CCCN(Cc2ccc(-c3cccc(-n4c(=O)n([C@H]5CC[C@@H](NC(=O)O)CC5)c(=O)c5cc(F)cnc54)c3)cc2)CC1. The largest absolute Gasteiger partial charge is 0.465 e. The Balaban J connectivity index is 1.33. The number of carbonyl (C=O) groups is 1. The van der Waals surface area contributed by atoms with Crippen LogP contribution in [0.4, 0.5) is 9.18 Å². The van der Waals surface area contributed by atoms with Gasteiger partial charge in [0, 0.05) is 31.7 Å². The minimum absolute atomic E-state index is 0.0184. The van der Waals surface area contributed by atoms with Crippen LogP contribution in [0.2, 0.25) is 0 Å². The quantitative estimate of drug-likeness (QED) is 0.341. The second-order valence-corrected chi connectivity index (χ2v) is 12.0. The molecule has 2 N–H and O–H groups in total. The molecule has 0 radical (unpaired) electrons. The van der Waals surface area contributed by atoms with Crippen molar-refractivity contribution in [1.82, 2.24) is 29.2 Å². The Morgan fingerprint density at radius 1 is 0.977 bits per heavy atom. The summed E-state index contributed by atoms with van der Waals surface area (Å²) in [6.07, 6.45) is 2.93. The van der Waals surface area contributed by atoms with E-state index in [1.54, 1.807) is 6.07 Å². The third-order valence-electron chi connectivity index (χ3n) is 8.89. The summed E-state index contributed by atoms with van der Waals surface area (Å²) < 4.78 is 16.9. The van der Waals surface area contributed by atoms with Gasteiger partial charge in [-0.05, 0) is 87.1 Å². The molecular weight excluding hydrogens is 563 g/mol. The molecule has 1 amide bonds. The van der Waals surface area contributed by atoms with Gasteiger partial charge in [-0.25, -0.2) is 23.5 Å². The fraction of sp³-hybridized carbons (Fsp3) is 0.394. The molecule has 10 nitrogen and oxygen atoms in total. The van der Waals surface area contributed by atoms with Crippen LogP contribution in [0.1, 0.15) is 43.7 Å². The molecule has 0 spiro atoms. The van der Waals surface area contributed by atoms with Crippen LogP contribution in [0.25, 0.3) is 27.8 Å². The molecule has 0 atom stereocenters. The number of hydrogen-bond donors (Lipinski definition) is 2. The van der Waals surface area contributed by atoms with Gasteiger partial charge in [0.2, 0.25) is 0 Å². The average molecular weight is 601 g/mol. The van der Waals surface area contributed by atoms with Gasteiger partial charge in [-0.2, -0.15) is 0 Å². The molecule has 0 unspecified atom stereocenters. The van der Waals surface area contributed by atoms with Gasteiger partial charge >= 0.3 is 11.8 Å². The molecule has 11 heteroatoms. The number of halogens is 1. The highest BCUT2D eigenvalue weighted by molar-refractivity contribution is 5.76. The minimum atomic E-state index is -1.10. The van der Waals surface area contributed by atoms with E-state index in [1.807, 2.05) is 18.2 Å². The molecule has 1 aliphatic carbocycles. The molecule has 2 fully saturated rings. The molecular formula is C33H37FN6O4. The maximum absolute atomic E-state index is 14.3. The lowest BCUT2D eigenvalue weighted by molar-refractivity contribution is 0.182. The van der Waals surface area contributed by atoms with Gasteiger partial charge in [-0.15, -0.1) is 0 Å². The molecule has 3 heterocycles. The van der Waals surface area contributed by atoms with Crippen molar-refractivity contribution in [3.8, 4) is 16.8 Å². The second kappa shape index (κ2) is 12.7. The molecule has 44 heavy (non-hydrogen) atoms. The van der Waals surface area contributed by atoms with Crippen molar-refractivity contribution < 1.29 is 14.3 Å². The molecule has 1 aliphatic heterocycles. The Kier molecular flexibility index (Phi) is 8.58. The first-order valence-electron chi connectivity index (χ1n) is 15.2. The highest BCUT2D eigenvalue weighted by atomic mass is 19.1. The van der Waals surface area contributed by atoms with Gasteiger partial charge in [0.1, 0.15) is 5.82 Å². The number of nitrogens with one attached hydrogen (secondary N) is 1. The standard InChI is InChI=1S/C33H37FN6O4/c1-37-14-3-15-38(17-16-37)21-22-6-8-23(9-7-22)24-4-2-5-28(18-24)39-30-29(19-25(34)20-35-30)31(41)40(33(39)44)27-12-10-26(11-13-27)36-32(42)43/h2,4-9,18-20,26-27,36H,3,10-17,21H2,1H3,(H,42,43)/t26-,27+. The van der Waals surface area contributed by atoms with Crippen LogP contribution in [0.5, 0.6) is 0 Å². The van der Waals surface area contributed by atoms with E-state index in [-0.39, 0.29) is 17.1 Å². The fourth-order valence-corrected chi connectivity index (χ4v) is 6.53. The summed E-state index contributed by atoms with van der Waals surface area (Å²) in [7, 11) is 2.17. The maximum Gasteiger partial charge on any atom is 0.404 e. The smallest absolute Gasteiger partial charge is 0.404 e. The predicted octanol–water partition coefficient (Wildman–Crippen LogP) is 4.24. The summed E-state index contributed by atoms with van der Waals surface area (Å²) in [5.74, 6) is -0.665. The van der Waals surface area contributed by atoms with Crippen molar-refractivity contribution in [2.75, 3.05) is 33.2 Å². The summed E-state index contributed by atoms with van der Waals surface area (Å²) in [5.41, 5.74) is 2.59. The van der Waals surface area contributed by atoms with E-state index < -0.39 is 29.2 Å². The van der Waals surface area contributed by atoms with Gasteiger partial charge < -0.3 is 15.3 Å². The lowest BCUT2D eigenvalue weighted by Crippen LogP contribution is -2.45. The number of rotatable bonds is 6. The van der Waals surface area contributed by atoms with E-state index >= 15 is 0 Å². The van der Waals surface area contributed by atoms with Crippen LogP contribution >= 0.6 is 0 Å². The number of aromatic nitrogens is 3. The molecule has 4 aromatic rings. The molecule has 2 aromatic heterocycles. The molecule has 2 aromatic carbocycles.